The molecule has 4 aromatic rings. The molecule has 8 heteroatoms. The molecule has 3 aromatic carbocycles. The van der Waals surface area contributed by atoms with Gasteiger partial charge in [-0.2, -0.15) is 0 Å². The monoisotopic (exact) mass is 567 g/mol. The van der Waals surface area contributed by atoms with Crippen molar-refractivity contribution in [2.75, 3.05) is 5.32 Å². The number of aliphatic carboxylic acids is 1. The van der Waals surface area contributed by atoms with Gasteiger partial charge in [-0.15, -0.1) is 0 Å². The Labute approximate surface area is 245 Å². The smallest absolute Gasteiger partial charge is 0.336 e. The van der Waals surface area contributed by atoms with E-state index in [1.165, 1.54) is 0 Å². The van der Waals surface area contributed by atoms with Gasteiger partial charge >= 0.3 is 11.9 Å². The second-order valence-electron chi connectivity index (χ2n) is 11.2. The van der Waals surface area contributed by atoms with Crippen molar-refractivity contribution in [3.05, 3.63) is 77.6 Å². The SMILES string of the molecule is CCCCc1nc2ccc(NC(=O)CC3CCCCC3C(=O)O)cc2n1-c1cccc(-c2ccccc2C(=O)O)c1C. The van der Waals surface area contributed by atoms with E-state index in [0.717, 1.165) is 72.2 Å². The third-order valence-electron chi connectivity index (χ3n) is 8.43. The molecule has 5 rings (SSSR count). The lowest BCUT2D eigenvalue weighted by Gasteiger charge is -2.27. The maximum Gasteiger partial charge on any atom is 0.336 e. The first kappa shape index (κ1) is 29.0. The van der Waals surface area contributed by atoms with Gasteiger partial charge in [0.1, 0.15) is 5.82 Å². The fourth-order valence-electron chi connectivity index (χ4n) is 6.26. The number of imidazole rings is 1. The maximum atomic E-state index is 13.1. The van der Waals surface area contributed by atoms with Gasteiger partial charge in [-0.1, -0.05) is 56.5 Å². The zero-order valence-electron chi connectivity index (χ0n) is 24.1. The summed E-state index contributed by atoms with van der Waals surface area (Å²) in [5, 5.41) is 22.4. The van der Waals surface area contributed by atoms with Gasteiger partial charge in [0.15, 0.2) is 0 Å². The second-order valence-corrected chi connectivity index (χ2v) is 11.2. The summed E-state index contributed by atoms with van der Waals surface area (Å²) in [7, 11) is 0. The Kier molecular flexibility index (Phi) is 8.71. The lowest BCUT2D eigenvalue weighted by atomic mass is 9.77. The van der Waals surface area contributed by atoms with E-state index in [1.54, 1.807) is 12.1 Å². The number of nitrogens with zero attached hydrogens (tertiary/aromatic N) is 2. The number of hydrogen-bond acceptors (Lipinski definition) is 4. The van der Waals surface area contributed by atoms with Crippen molar-refractivity contribution in [2.24, 2.45) is 11.8 Å². The number of amides is 1. The topological polar surface area (TPSA) is 122 Å². The first-order valence-corrected chi connectivity index (χ1v) is 14.7. The highest BCUT2D eigenvalue weighted by Crippen LogP contribution is 2.35. The number of unbranched alkanes of at least 4 members (excludes halogenated alkanes) is 1. The van der Waals surface area contributed by atoms with Crippen molar-refractivity contribution in [1.82, 2.24) is 9.55 Å². The third kappa shape index (κ3) is 5.93. The summed E-state index contributed by atoms with van der Waals surface area (Å²) in [6.45, 7) is 4.13. The molecule has 0 bridgehead atoms. The van der Waals surface area contributed by atoms with Crippen molar-refractivity contribution < 1.29 is 24.6 Å². The number of rotatable bonds is 10. The molecule has 0 spiro atoms. The van der Waals surface area contributed by atoms with Crippen molar-refractivity contribution in [3.8, 4) is 16.8 Å². The molecule has 0 radical (unpaired) electrons. The lowest BCUT2D eigenvalue weighted by Crippen LogP contribution is -2.30. The molecule has 42 heavy (non-hydrogen) atoms. The first-order chi connectivity index (χ1) is 20.3. The van der Waals surface area contributed by atoms with Gasteiger partial charge in [0.2, 0.25) is 5.91 Å². The van der Waals surface area contributed by atoms with Crippen molar-refractivity contribution in [2.45, 2.75) is 65.2 Å². The summed E-state index contributed by atoms with van der Waals surface area (Å²) in [5.74, 6) is -1.72. The van der Waals surface area contributed by atoms with Crippen molar-refractivity contribution >= 4 is 34.6 Å². The van der Waals surface area contributed by atoms with Gasteiger partial charge < -0.3 is 15.5 Å². The highest BCUT2D eigenvalue weighted by atomic mass is 16.4. The number of benzene rings is 3. The Bertz CT molecular complexity index is 1640. The number of fused-ring (bicyclic) bond motifs is 1. The number of aromatic nitrogens is 2. The van der Waals surface area contributed by atoms with E-state index in [2.05, 4.69) is 16.8 Å². The van der Waals surface area contributed by atoms with E-state index in [9.17, 15) is 24.6 Å². The molecular formula is C34H37N3O5. The molecule has 1 saturated carbocycles. The number of hydrogen-bond donors (Lipinski definition) is 3. The van der Waals surface area contributed by atoms with E-state index >= 15 is 0 Å². The highest BCUT2D eigenvalue weighted by molar-refractivity contribution is 5.97. The maximum absolute atomic E-state index is 13.1. The molecule has 8 nitrogen and oxygen atoms in total. The number of carboxylic acid groups (broad SMARTS) is 2. The van der Waals surface area contributed by atoms with E-state index in [1.807, 2.05) is 55.5 Å². The van der Waals surface area contributed by atoms with Crippen LogP contribution < -0.4 is 5.32 Å². The molecule has 1 heterocycles. The van der Waals surface area contributed by atoms with Crippen LogP contribution in [0.15, 0.2) is 60.7 Å². The zero-order valence-corrected chi connectivity index (χ0v) is 24.1. The Hall–Kier alpha value is -4.46. The molecular weight excluding hydrogens is 530 g/mol. The summed E-state index contributed by atoms with van der Waals surface area (Å²) in [4.78, 5) is 41.7. The van der Waals surface area contributed by atoms with Gasteiger partial charge in [0.25, 0.3) is 0 Å². The fourth-order valence-corrected chi connectivity index (χ4v) is 6.26. The number of carbonyl (C=O) groups is 3. The van der Waals surface area contributed by atoms with E-state index in [-0.39, 0.29) is 23.8 Å². The van der Waals surface area contributed by atoms with Crippen LogP contribution in [0.4, 0.5) is 5.69 Å². The van der Waals surface area contributed by atoms with Crippen LogP contribution in [0.25, 0.3) is 27.8 Å². The predicted octanol–water partition coefficient (Wildman–Crippen LogP) is 7.26. The number of aromatic carboxylic acids is 1. The molecule has 0 aliphatic heterocycles. The van der Waals surface area contributed by atoms with E-state index in [0.29, 0.717) is 17.7 Å². The van der Waals surface area contributed by atoms with Crippen LogP contribution in [0.5, 0.6) is 0 Å². The second kappa shape index (κ2) is 12.6. The molecule has 1 fully saturated rings. The van der Waals surface area contributed by atoms with Crippen molar-refractivity contribution in [1.29, 1.82) is 0 Å². The Morgan fingerprint density at radius 2 is 1.74 bits per heavy atom. The minimum absolute atomic E-state index is 0.162. The average Bonchev–Trinajstić information content (AvgIpc) is 3.33. The Morgan fingerprint density at radius 3 is 2.50 bits per heavy atom. The normalized spacial score (nSPS) is 16.8. The minimum Gasteiger partial charge on any atom is -0.481 e. The van der Waals surface area contributed by atoms with Crippen LogP contribution in [-0.4, -0.2) is 37.6 Å². The van der Waals surface area contributed by atoms with Crippen LogP contribution in [0.1, 0.15) is 73.6 Å². The van der Waals surface area contributed by atoms with Gasteiger partial charge in [-0.25, -0.2) is 9.78 Å². The van der Waals surface area contributed by atoms with E-state index in [4.69, 9.17) is 4.98 Å². The molecule has 218 valence electrons. The zero-order chi connectivity index (χ0) is 29.8. The van der Waals surface area contributed by atoms with Gasteiger partial charge in [-0.05, 0) is 79.1 Å². The predicted molar refractivity (Wildman–Crippen MR) is 163 cm³/mol. The van der Waals surface area contributed by atoms with Gasteiger partial charge in [0.05, 0.1) is 28.2 Å². The van der Waals surface area contributed by atoms with Gasteiger partial charge in [0, 0.05) is 18.5 Å². The Balaban J connectivity index is 1.53. The average molecular weight is 568 g/mol. The van der Waals surface area contributed by atoms with Crippen LogP contribution in [0.3, 0.4) is 0 Å². The molecule has 3 N–H and O–H groups in total. The summed E-state index contributed by atoms with van der Waals surface area (Å²) < 4.78 is 2.12. The van der Waals surface area contributed by atoms with Gasteiger partial charge in [-0.3, -0.25) is 14.2 Å². The van der Waals surface area contributed by atoms with Crippen LogP contribution in [-0.2, 0) is 16.0 Å². The molecule has 2 unspecified atom stereocenters. The van der Waals surface area contributed by atoms with Crippen LogP contribution in [0.2, 0.25) is 0 Å². The standard InChI is InChI=1S/C34H37N3O5/c1-3-4-16-31-36-28-18-17-23(35-32(38)19-22-10-5-6-11-25(22)33(39)40)20-30(28)37(31)29-15-9-14-24(21(29)2)26-12-7-8-13-27(26)34(41)42/h7-9,12-15,17-18,20,22,25H,3-6,10-11,16,19H2,1-2H3,(H,35,38)(H,39,40)(H,41,42). The lowest BCUT2D eigenvalue weighted by molar-refractivity contribution is -0.145. The fraction of sp³-hybridized carbons (Fsp3) is 0.353. The molecule has 1 aliphatic rings. The Morgan fingerprint density at radius 1 is 0.976 bits per heavy atom. The number of carbonyl (C=O) groups excluding carboxylic acids is 1. The molecule has 0 saturated heterocycles. The highest BCUT2D eigenvalue weighted by Gasteiger charge is 2.32. The summed E-state index contributed by atoms with van der Waals surface area (Å²) in [6.07, 6.45) is 6.11. The van der Waals surface area contributed by atoms with Crippen LogP contribution in [0, 0.1) is 18.8 Å². The van der Waals surface area contributed by atoms with Crippen molar-refractivity contribution in [3.63, 3.8) is 0 Å². The first-order valence-electron chi connectivity index (χ1n) is 14.7. The summed E-state index contributed by atoms with van der Waals surface area (Å²) >= 11 is 0. The summed E-state index contributed by atoms with van der Waals surface area (Å²) in [6, 6.07) is 18.5. The molecule has 1 aliphatic carbocycles. The van der Waals surface area contributed by atoms with E-state index < -0.39 is 17.9 Å². The quantitative estimate of drug-likeness (QED) is 0.185. The number of carboxylic acids is 2. The third-order valence-corrected chi connectivity index (χ3v) is 8.43. The number of aryl methyl sites for hydroxylation is 1. The number of nitrogens with one attached hydrogen (secondary N) is 1. The summed E-state index contributed by atoms with van der Waals surface area (Å²) in [5.41, 5.74) is 5.82. The molecule has 1 amide bonds. The molecule has 1 aromatic heterocycles. The number of anilines is 1. The minimum atomic E-state index is -0.976. The molecule has 2 atom stereocenters. The van der Waals surface area contributed by atoms with Crippen LogP contribution >= 0.6 is 0 Å². The largest absolute Gasteiger partial charge is 0.481 e.